The van der Waals surface area contributed by atoms with Gasteiger partial charge in [0, 0.05) is 17.7 Å². The van der Waals surface area contributed by atoms with Crippen molar-refractivity contribution in [2.75, 3.05) is 19.8 Å². The Balaban J connectivity index is 2.05. The van der Waals surface area contributed by atoms with Crippen LogP contribution < -0.4 is 0 Å². The van der Waals surface area contributed by atoms with Gasteiger partial charge in [-0.15, -0.1) is 0 Å². The first-order valence-corrected chi connectivity index (χ1v) is 3.38. The van der Waals surface area contributed by atoms with E-state index >= 15 is 0 Å². The molecule has 2 rings (SSSR count). The van der Waals surface area contributed by atoms with Crippen LogP contribution in [0.25, 0.3) is 0 Å². The molecule has 0 saturated carbocycles. The zero-order valence-electron chi connectivity index (χ0n) is 5.68. The standard InChI is InChI=1S/C7H11NO/c1-6-2-7(3-8-6)4-9-5-7/h2-5H2,1H3. The molecule has 2 heteroatoms. The summed E-state index contributed by atoms with van der Waals surface area (Å²) in [6.45, 7) is 4.99. The van der Waals surface area contributed by atoms with Gasteiger partial charge in [-0.05, 0) is 13.3 Å². The van der Waals surface area contributed by atoms with Crippen molar-refractivity contribution < 1.29 is 4.74 Å². The molecule has 1 saturated heterocycles. The fraction of sp³-hybridized carbons (Fsp3) is 0.857. The summed E-state index contributed by atoms with van der Waals surface area (Å²) in [6.07, 6.45) is 1.17. The van der Waals surface area contributed by atoms with Gasteiger partial charge in [0.2, 0.25) is 0 Å². The van der Waals surface area contributed by atoms with E-state index in [-0.39, 0.29) is 0 Å². The first kappa shape index (κ1) is 5.42. The monoisotopic (exact) mass is 125 g/mol. The molecule has 2 nitrogen and oxygen atoms in total. The van der Waals surface area contributed by atoms with Gasteiger partial charge in [0.05, 0.1) is 13.2 Å². The van der Waals surface area contributed by atoms with Gasteiger partial charge in [-0.2, -0.15) is 0 Å². The lowest BCUT2D eigenvalue weighted by atomic mass is 9.83. The Morgan fingerprint density at radius 1 is 1.56 bits per heavy atom. The van der Waals surface area contributed by atoms with E-state index in [4.69, 9.17) is 4.74 Å². The molecule has 0 aromatic rings. The van der Waals surface area contributed by atoms with Gasteiger partial charge in [0.25, 0.3) is 0 Å². The highest BCUT2D eigenvalue weighted by Gasteiger charge is 2.41. The van der Waals surface area contributed by atoms with Gasteiger partial charge in [-0.3, -0.25) is 4.99 Å². The van der Waals surface area contributed by atoms with Crippen molar-refractivity contribution in [3.05, 3.63) is 0 Å². The van der Waals surface area contributed by atoms with E-state index in [0.29, 0.717) is 5.41 Å². The van der Waals surface area contributed by atoms with Crippen molar-refractivity contribution >= 4 is 5.71 Å². The maximum atomic E-state index is 5.14. The van der Waals surface area contributed by atoms with Crippen LogP contribution in [0.2, 0.25) is 0 Å². The van der Waals surface area contributed by atoms with Crippen LogP contribution in [-0.2, 0) is 4.74 Å². The Morgan fingerprint density at radius 3 is 2.56 bits per heavy atom. The van der Waals surface area contributed by atoms with E-state index < -0.39 is 0 Å². The first-order valence-electron chi connectivity index (χ1n) is 3.38. The molecule has 0 aromatic heterocycles. The van der Waals surface area contributed by atoms with Gasteiger partial charge >= 0.3 is 0 Å². The van der Waals surface area contributed by atoms with Crippen LogP contribution >= 0.6 is 0 Å². The molecule has 0 amide bonds. The number of hydrogen-bond donors (Lipinski definition) is 0. The SMILES string of the molecule is CC1=NCC2(COC2)C1. The molecule has 0 bridgehead atoms. The van der Waals surface area contributed by atoms with Crippen molar-refractivity contribution in [1.29, 1.82) is 0 Å². The summed E-state index contributed by atoms with van der Waals surface area (Å²) in [5.74, 6) is 0. The lowest BCUT2D eigenvalue weighted by Gasteiger charge is -2.36. The molecule has 0 aliphatic carbocycles. The van der Waals surface area contributed by atoms with E-state index in [9.17, 15) is 0 Å². The van der Waals surface area contributed by atoms with Crippen LogP contribution in [-0.4, -0.2) is 25.5 Å². The van der Waals surface area contributed by atoms with Crippen LogP contribution in [0.4, 0.5) is 0 Å². The quantitative estimate of drug-likeness (QED) is 0.470. The fourth-order valence-corrected chi connectivity index (χ4v) is 1.54. The van der Waals surface area contributed by atoms with E-state index in [1.807, 2.05) is 0 Å². The van der Waals surface area contributed by atoms with Crippen LogP contribution in [0.15, 0.2) is 4.99 Å². The molecule has 0 radical (unpaired) electrons. The summed E-state index contributed by atoms with van der Waals surface area (Å²) in [4.78, 5) is 4.35. The fourth-order valence-electron chi connectivity index (χ4n) is 1.54. The Bertz CT molecular complexity index is 158. The van der Waals surface area contributed by atoms with Gasteiger partial charge < -0.3 is 4.74 Å². The molecule has 2 aliphatic rings. The number of nitrogens with zero attached hydrogens (tertiary/aromatic N) is 1. The maximum Gasteiger partial charge on any atom is 0.0566 e. The van der Waals surface area contributed by atoms with Crippen molar-refractivity contribution in [2.45, 2.75) is 13.3 Å². The largest absolute Gasteiger partial charge is 0.380 e. The smallest absolute Gasteiger partial charge is 0.0566 e. The third-order valence-corrected chi connectivity index (χ3v) is 2.13. The van der Waals surface area contributed by atoms with Crippen LogP contribution in [0.5, 0.6) is 0 Å². The lowest BCUT2D eigenvalue weighted by Crippen LogP contribution is -2.43. The molecule has 1 spiro atoms. The molecular weight excluding hydrogens is 114 g/mol. The van der Waals surface area contributed by atoms with Gasteiger partial charge in [-0.1, -0.05) is 0 Å². The van der Waals surface area contributed by atoms with Crippen LogP contribution in [0.3, 0.4) is 0 Å². The second-order valence-electron chi connectivity index (χ2n) is 3.22. The van der Waals surface area contributed by atoms with Gasteiger partial charge in [0.15, 0.2) is 0 Å². The summed E-state index contributed by atoms with van der Waals surface area (Å²) >= 11 is 0. The highest BCUT2D eigenvalue weighted by molar-refractivity contribution is 5.84. The van der Waals surface area contributed by atoms with Crippen LogP contribution in [0, 0.1) is 5.41 Å². The summed E-state index contributed by atoms with van der Waals surface area (Å²) in [5.41, 5.74) is 1.77. The van der Waals surface area contributed by atoms with Gasteiger partial charge in [-0.25, -0.2) is 0 Å². The molecule has 50 valence electrons. The number of ether oxygens (including phenoxy) is 1. The van der Waals surface area contributed by atoms with Crippen molar-refractivity contribution in [3.63, 3.8) is 0 Å². The molecule has 0 aromatic carbocycles. The lowest BCUT2D eigenvalue weighted by molar-refractivity contribution is -0.0974. The van der Waals surface area contributed by atoms with Crippen molar-refractivity contribution in [2.24, 2.45) is 10.4 Å². The maximum absolute atomic E-state index is 5.14. The zero-order valence-corrected chi connectivity index (χ0v) is 5.68. The Labute approximate surface area is 54.9 Å². The minimum atomic E-state index is 0.462. The average Bonchev–Trinajstić information content (AvgIpc) is 2.09. The second-order valence-corrected chi connectivity index (χ2v) is 3.22. The van der Waals surface area contributed by atoms with E-state index in [0.717, 1.165) is 19.8 Å². The summed E-state index contributed by atoms with van der Waals surface area (Å²) < 4.78 is 5.14. The highest BCUT2D eigenvalue weighted by Crippen LogP contribution is 2.35. The minimum absolute atomic E-state index is 0.462. The van der Waals surface area contributed by atoms with Crippen molar-refractivity contribution in [3.8, 4) is 0 Å². The molecule has 9 heavy (non-hydrogen) atoms. The minimum Gasteiger partial charge on any atom is -0.380 e. The molecule has 0 unspecified atom stereocenters. The Morgan fingerprint density at radius 2 is 2.33 bits per heavy atom. The zero-order chi connectivity index (χ0) is 6.32. The highest BCUT2D eigenvalue weighted by atomic mass is 16.5. The van der Waals surface area contributed by atoms with Crippen LogP contribution in [0.1, 0.15) is 13.3 Å². The summed E-state index contributed by atoms with van der Waals surface area (Å²) in [6, 6.07) is 0. The number of rotatable bonds is 0. The molecule has 2 heterocycles. The first-order chi connectivity index (χ1) is 4.31. The van der Waals surface area contributed by atoms with E-state index in [1.54, 1.807) is 0 Å². The predicted molar refractivity (Wildman–Crippen MR) is 35.8 cm³/mol. The number of hydrogen-bond acceptors (Lipinski definition) is 2. The van der Waals surface area contributed by atoms with Gasteiger partial charge in [0.1, 0.15) is 0 Å². The molecule has 2 aliphatic heterocycles. The third-order valence-electron chi connectivity index (χ3n) is 2.13. The normalized spacial score (nSPS) is 30.1. The molecule has 0 N–H and O–H groups in total. The molecule has 0 atom stereocenters. The topological polar surface area (TPSA) is 21.6 Å². The van der Waals surface area contributed by atoms with E-state index in [1.165, 1.54) is 12.1 Å². The molecular formula is C7H11NO. The number of aliphatic imine (C=N–C) groups is 1. The summed E-state index contributed by atoms with van der Waals surface area (Å²) in [7, 11) is 0. The predicted octanol–water partition coefficient (Wildman–Crippen LogP) is 0.868. The second kappa shape index (κ2) is 1.57. The third kappa shape index (κ3) is 0.697. The molecule has 1 fully saturated rings. The summed E-state index contributed by atoms with van der Waals surface area (Å²) in [5, 5.41) is 0. The Kier molecular flexibility index (Phi) is 0.943. The average molecular weight is 125 g/mol. The Hall–Kier alpha value is -0.370. The van der Waals surface area contributed by atoms with Crippen molar-refractivity contribution in [1.82, 2.24) is 0 Å². The van der Waals surface area contributed by atoms with E-state index in [2.05, 4.69) is 11.9 Å².